The molecule has 1 heterocycles. The van der Waals surface area contributed by atoms with Crippen LogP contribution in [0.15, 0.2) is 15.5 Å². The van der Waals surface area contributed by atoms with Crippen LogP contribution < -0.4 is 0 Å². The molecule has 0 fully saturated rings. The van der Waals surface area contributed by atoms with Crippen LogP contribution in [-0.4, -0.2) is 10.4 Å². The summed E-state index contributed by atoms with van der Waals surface area (Å²) in [5.41, 5.74) is 0. The maximum absolute atomic E-state index is 4.37. The highest BCUT2D eigenvalue weighted by Gasteiger charge is 2.01. The van der Waals surface area contributed by atoms with Crippen molar-refractivity contribution in [3.05, 3.63) is 0 Å². The van der Waals surface area contributed by atoms with Crippen molar-refractivity contribution in [2.24, 2.45) is 15.5 Å². The summed E-state index contributed by atoms with van der Waals surface area (Å²) in [7, 11) is 0. The smallest absolute Gasteiger partial charge is 0.0220 e. The lowest BCUT2D eigenvalue weighted by Gasteiger charge is -1.55. The van der Waals surface area contributed by atoms with Crippen molar-refractivity contribution in [2.45, 2.75) is 0 Å². The van der Waals surface area contributed by atoms with Crippen LogP contribution >= 0.6 is 0 Å². The lowest BCUT2D eigenvalue weighted by atomic mass is 11.4. The normalized spacial score (nSPS) is 17.0. The number of hydrogen-bond acceptors (Lipinski definition) is 3. The summed E-state index contributed by atoms with van der Waals surface area (Å²) in [6.45, 7) is 0. The molecular weight excluding hydrogens is 100 g/mol. The Balaban J connectivity index is 2.86. The maximum atomic E-state index is 4.37. The van der Waals surface area contributed by atoms with Crippen molar-refractivity contribution in [1.82, 2.24) is 0 Å². The van der Waals surface area contributed by atoms with Gasteiger partial charge in [-0.25, -0.2) is 0 Å². The van der Waals surface area contributed by atoms with Crippen molar-refractivity contribution in [1.29, 1.82) is 0 Å². The first-order valence-corrected chi connectivity index (χ1v) is 1.59. The van der Waals surface area contributed by atoms with Crippen LogP contribution in [0.2, 0.25) is 0 Å². The lowest BCUT2D eigenvalue weighted by molar-refractivity contribution is -0.372. The second-order valence-corrected chi connectivity index (χ2v) is 0.998. The Bertz CT molecular complexity index is 110. The van der Waals surface area contributed by atoms with E-state index in [0.717, 1.165) is 4.05 Å². The molecule has 0 saturated carbocycles. The number of hydrogen-bond donors (Lipinski definition) is 0. The van der Waals surface area contributed by atoms with Crippen molar-refractivity contribution < 1.29 is 4.05 Å². The maximum Gasteiger partial charge on any atom is 0.426 e. The lowest BCUT2D eigenvalue weighted by Crippen LogP contribution is -1.86. The van der Waals surface area contributed by atoms with Gasteiger partial charge in [0.25, 0.3) is 0 Å². The third kappa shape index (κ3) is 0.436. The molecule has 0 atom stereocenters. The fraction of sp³-hybridized carbons (Fsp3) is 0. The molecule has 0 aliphatic carbocycles. The molecule has 0 spiro atoms. The van der Waals surface area contributed by atoms with E-state index in [1.54, 1.807) is 0 Å². The van der Waals surface area contributed by atoms with E-state index < -0.39 is 0 Å². The van der Waals surface area contributed by atoms with Gasteiger partial charge in [0.2, 0.25) is 5.22 Å². The first-order chi connectivity index (χ1) is 2.89. The zero-order chi connectivity index (χ0) is 4.41. The van der Waals surface area contributed by atoms with Gasteiger partial charge in [0.05, 0.1) is 0 Å². The topological polar surface area (TPSA) is 40.1 Å². The van der Waals surface area contributed by atoms with Crippen LogP contribution in [0.4, 0.5) is 0 Å². The SMILES string of the molecule is S=[N+]1[C]=NN=N1. The second-order valence-electron chi connectivity index (χ2n) is 0.652. The van der Waals surface area contributed by atoms with Crippen LogP contribution in [0.5, 0.6) is 0 Å². The average molecular weight is 100 g/mol. The van der Waals surface area contributed by atoms with E-state index in [1.807, 2.05) is 0 Å². The van der Waals surface area contributed by atoms with Gasteiger partial charge in [-0.05, 0) is 4.05 Å². The van der Waals surface area contributed by atoms with E-state index in [1.165, 1.54) is 0 Å². The van der Waals surface area contributed by atoms with Crippen LogP contribution in [-0.2, 0) is 12.4 Å². The van der Waals surface area contributed by atoms with Crippen molar-refractivity contribution in [2.75, 3.05) is 0 Å². The third-order valence-corrected chi connectivity index (χ3v) is 0.451. The molecule has 1 aliphatic heterocycles. The van der Waals surface area contributed by atoms with E-state index in [9.17, 15) is 0 Å². The van der Waals surface area contributed by atoms with Gasteiger partial charge in [0, 0.05) is 0 Å². The molecule has 0 aromatic rings. The Morgan fingerprint density at radius 1 is 1.67 bits per heavy atom. The predicted octanol–water partition coefficient (Wildman–Crippen LogP) is -0.0695. The summed E-state index contributed by atoms with van der Waals surface area (Å²) in [6.07, 6.45) is 2.26. The monoisotopic (exact) mass is 100.0 g/mol. The first-order valence-electron chi connectivity index (χ1n) is 1.23. The molecule has 0 aromatic carbocycles. The summed E-state index contributed by atoms with van der Waals surface area (Å²) in [5.74, 6) is 0. The molecule has 1 aliphatic rings. The van der Waals surface area contributed by atoms with Gasteiger partial charge in [-0.3, -0.25) is 0 Å². The van der Waals surface area contributed by atoms with Crippen LogP contribution in [0.3, 0.4) is 0 Å². The van der Waals surface area contributed by atoms with Crippen LogP contribution in [0, 0.1) is 0 Å². The van der Waals surface area contributed by atoms with E-state index >= 15 is 0 Å². The Hall–Kier alpha value is -0.710. The molecule has 0 saturated heterocycles. The average Bonchev–Trinajstić information content (AvgIpc) is 1.86. The quantitative estimate of drug-likeness (QED) is 0.393. The molecular formula is CN4S+. The molecule has 0 amide bonds. The minimum atomic E-state index is 0.986. The van der Waals surface area contributed by atoms with E-state index in [4.69, 9.17) is 0 Å². The van der Waals surface area contributed by atoms with Gasteiger partial charge >= 0.3 is 6.34 Å². The highest BCUT2D eigenvalue weighted by atomic mass is 32.1. The van der Waals surface area contributed by atoms with Crippen LogP contribution in [0.25, 0.3) is 0 Å². The van der Waals surface area contributed by atoms with Crippen LogP contribution in [0.1, 0.15) is 0 Å². The highest BCUT2D eigenvalue weighted by Crippen LogP contribution is 1.83. The van der Waals surface area contributed by atoms with Gasteiger partial charge in [0.1, 0.15) is 22.7 Å². The molecule has 5 heteroatoms. The molecule has 0 N–H and O–H groups in total. The standard InChI is InChI=1S/CN4S/c6-5-1-2-3-4-5/q+1. The van der Waals surface area contributed by atoms with Gasteiger partial charge in [-0.1, -0.05) is 0 Å². The highest BCUT2D eigenvalue weighted by molar-refractivity contribution is 7.44. The molecule has 0 unspecified atom stereocenters. The third-order valence-electron chi connectivity index (χ3n) is 0.296. The number of rotatable bonds is 0. The van der Waals surface area contributed by atoms with E-state index in [-0.39, 0.29) is 0 Å². The molecule has 4 nitrogen and oxygen atoms in total. The van der Waals surface area contributed by atoms with Gasteiger partial charge in [0.15, 0.2) is 0 Å². The summed E-state index contributed by atoms with van der Waals surface area (Å²) < 4.78 is 0.986. The predicted molar refractivity (Wildman–Crippen MR) is 19.9 cm³/mol. The minimum Gasteiger partial charge on any atom is -0.0220 e. The molecule has 0 bridgehead atoms. The largest absolute Gasteiger partial charge is 0.426 e. The second kappa shape index (κ2) is 1.17. The fourth-order valence-corrected chi connectivity index (χ4v) is 0.204. The summed E-state index contributed by atoms with van der Waals surface area (Å²) in [6, 6.07) is 0. The van der Waals surface area contributed by atoms with E-state index in [0.29, 0.717) is 0 Å². The Morgan fingerprint density at radius 3 is 2.67 bits per heavy atom. The van der Waals surface area contributed by atoms with Gasteiger partial charge in [-0.15, -0.1) is 0 Å². The number of nitrogens with zero attached hydrogens (tertiary/aromatic N) is 4. The fourth-order valence-electron chi connectivity index (χ4n) is 0.135. The summed E-state index contributed by atoms with van der Waals surface area (Å²) in [5, 5.41) is 9.55. The van der Waals surface area contributed by atoms with Crippen molar-refractivity contribution >= 4 is 18.8 Å². The molecule has 1 rings (SSSR count). The summed E-state index contributed by atoms with van der Waals surface area (Å²) >= 11 is 4.37. The molecule has 0 aromatic heterocycles. The minimum absolute atomic E-state index is 0.986. The first kappa shape index (κ1) is 3.48. The van der Waals surface area contributed by atoms with Gasteiger partial charge < -0.3 is 0 Å². The molecule has 1 radical (unpaired) electrons. The summed E-state index contributed by atoms with van der Waals surface area (Å²) in [4.78, 5) is 0. The molecule has 6 heavy (non-hydrogen) atoms. The molecule has 29 valence electrons. The van der Waals surface area contributed by atoms with Crippen molar-refractivity contribution in [3.8, 4) is 0 Å². The zero-order valence-corrected chi connectivity index (χ0v) is 3.51. The van der Waals surface area contributed by atoms with Gasteiger partial charge in [-0.2, -0.15) is 0 Å². The van der Waals surface area contributed by atoms with E-state index in [2.05, 4.69) is 34.3 Å². The van der Waals surface area contributed by atoms with Crippen molar-refractivity contribution in [3.63, 3.8) is 0 Å². The Morgan fingerprint density at radius 2 is 2.50 bits per heavy atom. The Kier molecular flexibility index (Phi) is 0.681. The Labute approximate surface area is 39.3 Å². The zero-order valence-electron chi connectivity index (χ0n) is 2.70.